The van der Waals surface area contributed by atoms with E-state index < -0.39 is 279 Å². The quantitative estimate of drug-likeness (QED) is 0.0345. The highest BCUT2D eigenvalue weighted by Gasteiger charge is 2.75. The maximum Gasteiger partial charge on any atom is 0.317 e. The number of hydrogen-bond acceptors (Lipinski definition) is 32. The van der Waals surface area contributed by atoms with Crippen LogP contribution in [0.1, 0.15) is 99.8 Å². The third kappa shape index (κ3) is 11.9. The molecule has 0 aromatic heterocycles. The molecule has 96 heavy (non-hydrogen) atoms. The molecule has 0 amide bonds. The largest absolute Gasteiger partial charge is 0.481 e. The topological polar surface area (TPSA) is 529 Å². The van der Waals surface area contributed by atoms with Crippen LogP contribution in [-0.4, -0.2) is 326 Å². The fraction of sp³-hybridized carbons (Fsp3) is 0.937. The Bertz CT molecular complexity index is 2780. The molecule has 0 bridgehead atoms. The molecule has 33 heteroatoms. The second-order valence-corrected chi connectivity index (χ2v) is 30.6. The summed E-state index contributed by atoms with van der Waals surface area (Å²) in [5.74, 6) is -4.18. The molecular weight excluding hydrogens is 1280 g/mol. The number of esters is 1. The van der Waals surface area contributed by atoms with Gasteiger partial charge in [0.25, 0.3) is 0 Å². The Kier molecular flexibility index (Phi) is 21.2. The highest BCUT2D eigenvalue weighted by Crippen LogP contribution is 2.76. The summed E-state index contributed by atoms with van der Waals surface area (Å²) in [5, 5.41) is 209. The van der Waals surface area contributed by atoms with E-state index in [1.54, 1.807) is 0 Å². The van der Waals surface area contributed by atoms with Gasteiger partial charge in [-0.25, -0.2) is 0 Å². The van der Waals surface area contributed by atoms with Crippen LogP contribution < -0.4 is 0 Å². The van der Waals surface area contributed by atoms with Crippen molar-refractivity contribution in [2.24, 2.45) is 50.2 Å². The van der Waals surface area contributed by atoms with Crippen LogP contribution in [0, 0.1) is 50.2 Å². The Morgan fingerprint density at radius 3 is 1.64 bits per heavy atom. The van der Waals surface area contributed by atoms with Crippen LogP contribution in [0.4, 0.5) is 0 Å². The molecule has 4 saturated carbocycles. The van der Waals surface area contributed by atoms with Gasteiger partial charge in [-0.15, -0.1) is 0 Å². The number of carboxylic acid groups (broad SMARTS) is 1. The second kappa shape index (κ2) is 27.3. The van der Waals surface area contributed by atoms with Crippen molar-refractivity contribution in [3.63, 3.8) is 0 Å². The Morgan fingerprint density at radius 2 is 1.05 bits per heavy atom. The first kappa shape index (κ1) is 74.7. The average molecular weight is 1390 g/mol. The van der Waals surface area contributed by atoms with Gasteiger partial charge < -0.3 is 154 Å². The van der Waals surface area contributed by atoms with Crippen molar-refractivity contribution in [2.45, 2.75) is 277 Å². The number of rotatable bonds is 18. The molecule has 11 aliphatic rings. The van der Waals surface area contributed by atoms with E-state index in [0.29, 0.717) is 25.7 Å². The number of ether oxygens (including phenoxy) is 12. The van der Waals surface area contributed by atoms with E-state index in [4.69, 9.17) is 56.8 Å². The van der Waals surface area contributed by atoms with Crippen molar-refractivity contribution in [3.8, 4) is 0 Å². The molecule has 33 nitrogen and oxygen atoms in total. The maximum atomic E-state index is 15.7. The molecule has 6 aliphatic heterocycles. The molecule has 0 radical (unpaired) electrons. The van der Waals surface area contributed by atoms with Crippen molar-refractivity contribution < 1.29 is 163 Å². The minimum absolute atomic E-state index is 0.0140. The minimum Gasteiger partial charge on any atom is -0.481 e. The number of aliphatic carboxylic acids is 1. The van der Waals surface area contributed by atoms with E-state index >= 15 is 4.79 Å². The lowest BCUT2D eigenvalue weighted by Gasteiger charge is -2.71. The first-order valence-electron chi connectivity index (χ1n) is 33.3. The lowest BCUT2D eigenvalue weighted by molar-refractivity contribution is -0.373. The third-order valence-electron chi connectivity index (χ3n) is 24.7. The predicted octanol–water partition coefficient (Wildman–Crippen LogP) is -6.43. The van der Waals surface area contributed by atoms with Gasteiger partial charge in [0, 0.05) is 0 Å². The van der Waals surface area contributed by atoms with Crippen molar-refractivity contribution >= 4 is 11.9 Å². The van der Waals surface area contributed by atoms with E-state index in [1.165, 1.54) is 13.8 Å². The van der Waals surface area contributed by atoms with E-state index in [9.17, 15) is 102 Å². The summed E-state index contributed by atoms with van der Waals surface area (Å²) in [4.78, 5) is 29.8. The number of carboxylic acids is 1. The van der Waals surface area contributed by atoms with Crippen LogP contribution in [0.2, 0.25) is 0 Å². The zero-order valence-corrected chi connectivity index (χ0v) is 54.6. The summed E-state index contributed by atoms with van der Waals surface area (Å²) < 4.78 is 71.4. The number of allylic oxidation sites excluding steroid dienone is 2. The fourth-order valence-electron chi connectivity index (χ4n) is 18.9. The number of aliphatic hydroxyl groups excluding tert-OH is 17. The zero-order chi connectivity index (χ0) is 70.2. The molecule has 6 heterocycles. The molecule has 6 saturated heterocycles. The van der Waals surface area contributed by atoms with Gasteiger partial charge in [-0.3, -0.25) is 9.59 Å². The Balaban J connectivity index is 0.846. The molecule has 5 aliphatic carbocycles. The Labute approximate surface area is 552 Å². The predicted molar refractivity (Wildman–Crippen MR) is 313 cm³/mol. The van der Waals surface area contributed by atoms with Gasteiger partial charge in [-0.2, -0.15) is 0 Å². The molecule has 0 unspecified atom stereocenters. The fourth-order valence-corrected chi connectivity index (χ4v) is 18.9. The summed E-state index contributed by atoms with van der Waals surface area (Å²) >= 11 is 0. The lowest BCUT2D eigenvalue weighted by atomic mass is 9.33. The van der Waals surface area contributed by atoms with Crippen LogP contribution in [-0.2, 0) is 66.4 Å². The molecular formula is C63H100O33. The van der Waals surface area contributed by atoms with Gasteiger partial charge in [0.05, 0.1) is 63.4 Å². The van der Waals surface area contributed by atoms with Crippen molar-refractivity contribution in [2.75, 3.05) is 39.6 Å². The van der Waals surface area contributed by atoms with Crippen LogP contribution in [0.5, 0.6) is 0 Å². The molecule has 37 atom stereocenters. The lowest BCUT2D eigenvalue weighted by Crippen LogP contribution is -2.71. The molecule has 0 spiro atoms. The van der Waals surface area contributed by atoms with Gasteiger partial charge in [0.15, 0.2) is 37.6 Å². The van der Waals surface area contributed by atoms with E-state index in [2.05, 4.69) is 13.0 Å². The average Bonchev–Trinajstić information content (AvgIpc) is 0.721. The summed E-state index contributed by atoms with van der Waals surface area (Å²) in [6.45, 7) is 8.15. The van der Waals surface area contributed by atoms with Crippen molar-refractivity contribution in [3.05, 3.63) is 11.6 Å². The highest BCUT2D eigenvalue weighted by atomic mass is 16.8. The summed E-state index contributed by atoms with van der Waals surface area (Å²) in [6.07, 6.45) is -44.3. The molecule has 550 valence electrons. The first-order valence-corrected chi connectivity index (χ1v) is 33.3. The first-order chi connectivity index (χ1) is 45.0. The normalized spacial score (nSPS) is 54.7. The third-order valence-corrected chi connectivity index (χ3v) is 24.7. The summed E-state index contributed by atoms with van der Waals surface area (Å²) in [5.41, 5.74) is -8.12. The van der Waals surface area contributed by atoms with E-state index in [-0.39, 0.29) is 25.7 Å². The van der Waals surface area contributed by atoms with Gasteiger partial charge >= 0.3 is 11.9 Å². The Morgan fingerprint density at radius 1 is 0.542 bits per heavy atom. The number of fused-ring (bicyclic) bond motifs is 7. The maximum absolute atomic E-state index is 15.7. The smallest absolute Gasteiger partial charge is 0.317 e. The Hall–Kier alpha value is -2.48. The van der Waals surface area contributed by atoms with Gasteiger partial charge in [0.1, 0.15) is 121 Å². The van der Waals surface area contributed by atoms with Gasteiger partial charge in [0.2, 0.25) is 6.29 Å². The van der Waals surface area contributed by atoms with Gasteiger partial charge in [-0.05, 0) is 105 Å². The molecule has 19 N–H and O–H groups in total. The molecule has 0 aromatic carbocycles. The van der Waals surface area contributed by atoms with Crippen LogP contribution in [0.25, 0.3) is 0 Å². The van der Waals surface area contributed by atoms with E-state index in [0.717, 1.165) is 5.57 Å². The zero-order valence-electron chi connectivity index (χ0n) is 54.6. The number of carbonyl (C=O) groups excluding carboxylic acids is 1. The van der Waals surface area contributed by atoms with Crippen molar-refractivity contribution in [1.82, 2.24) is 0 Å². The monoisotopic (exact) mass is 1380 g/mol. The second-order valence-electron chi connectivity index (χ2n) is 30.6. The van der Waals surface area contributed by atoms with Crippen molar-refractivity contribution in [1.29, 1.82) is 0 Å². The number of carbonyl (C=O) groups is 2. The standard InChI is InChI=1S/C63H100O33/c1-23-43(91-49-39(76)35(72)28(18-65)88-49)45(93-54-47(80)62(84,21-68)22-85-54)42(79)51(86-23)94-46-37(74)30(20-67)90-53(46)96-56(83)63-13-12-57(2,3)14-25(63)24-8-9-31-58(4)15-26(69)48(61(7,55(81)82)32(58)10-11-59(31,5)60(24,6)16-33(63)70)95-52-41(78)44(36(73)29(19-66)89-52)92-50-40(77)38(75)34(71)27(17-64)87-50/h8,23,25-54,64-80,84H,9-22H2,1-7H3,(H,81,82)/t23-,25-,26-,27+,28+,29+,30+,31+,32+,33+,34+,35-,36+,37+,38-,39+,40+,41+,42+,43-,44-,45-,46-,47-,48-,49-,50-,51-,52-,53+,54-,58+,59+,60+,61-,62+,63+/m0/s1. The van der Waals surface area contributed by atoms with Gasteiger partial charge in [-0.1, -0.05) is 46.3 Å². The van der Waals surface area contributed by atoms with Crippen LogP contribution in [0.15, 0.2) is 11.6 Å². The SMILES string of the molecule is C[C@@H]1O[C@@H](O[C@@H]2[C@@H](OC(=O)[C@]34CCC(C)(C)C[C@H]3C3=CC[C@@H]5[C@@]6(C)C[C@H](O)[C@H](O[C@@H]7O[C@H](CO)[C@@H](O)[C@H](O[C@@H]8O[C@H](CO)[C@@H](O)[C@H](O)[C@H]8O)[C@H]7O)[C@@](C)(C(=O)O)[C@@H]6CC[C@@]5(C)[C@]3(C)C[C@H]4O)O[C@H](CO)[C@H]2O)[C@H](O)[C@H](O[C@@H]2OC[C@](O)(CO)[C@H]2O)[C@H]1O[C@@H]1O[C@H](CO)[C@H](O)[C@H]1O. The highest BCUT2D eigenvalue weighted by molar-refractivity contribution is 5.80. The summed E-state index contributed by atoms with van der Waals surface area (Å²) in [6, 6.07) is 0. The molecule has 11 rings (SSSR count). The molecule has 0 aromatic rings. The van der Waals surface area contributed by atoms with Crippen LogP contribution >= 0.6 is 0 Å². The number of aliphatic hydroxyl groups is 18. The minimum atomic E-state index is -2.21. The van der Waals surface area contributed by atoms with E-state index in [1.807, 2.05) is 27.7 Å². The van der Waals surface area contributed by atoms with Crippen LogP contribution in [0.3, 0.4) is 0 Å². The number of hydrogen-bond donors (Lipinski definition) is 19. The molecule has 10 fully saturated rings. The summed E-state index contributed by atoms with van der Waals surface area (Å²) in [7, 11) is 0.